The Morgan fingerprint density at radius 1 is 1.67 bits per heavy atom. The minimum atomic E-state index is -1.81. The highest BCUT2D eigenvalue weighted by atomic mass is 19.1. The van der Waals surface area contributed by atoms with E-state index in [0.29, 0.717) is 6.61 Å². The summed E-state index contributed by atoms with van der Waals surface area (Å²) in [6.07, 6.45) is -1.71. The second-order valence-corrected chi connectivity index (χ2v) is 1.35. The Balaban J connectivity index is 2.96. The summed E-state index contributed by atoms with van der Waals surface area (Å²) in [6.45, 7) is 0.407. The molecule has 0 aromatic carbocycles. The van der Waals surface area contributed by atoms with Crippen LogP contribution in [0.1, 0.15) is 0 Å². The van der Waals surface area contributed by atoms with Gasteiger partial charge in [0.2, 0.25) is 0 Å². The average Bonchev–Trinajstić information content (AvgIpc) is 1.89. The number of rotatable bonds is 5. The average molecular weight is 136 g/mol. The Hall–Kier alpha value is -0.480. The molecule has 0 rings (SSSR count). The summed E-state index contributed by atoms with van der Waals surface area (Å²) in [5.41, 5.74) is 0. The van der Waals surface area contributed by atoms with Crippen LogP contribution in [-0.4, -0.2) is 33.0 Å². The van der Waals surface area contributed by atoms with Crippen LogP contribution in [0.4, 0.5) is 4.39 Å². The van der Waals surface area contributed by atoms with Crippen LogP contribution in [0.25, 0.3) is 0 Å². The van der Waals surface area contributed by atoms with Gasteiger partial charge in [-0.25, -0.2) is 4.39 Å². The molecular weight excluding hydrogens is 127 g/mol. The van der Waals surface area contributed by atoms with E-state index in [1.807, 2.05) is 0 Å². The van der Waals surface area contributed by atoms with Crippen molar-refractivity contribution in [2.24, 2.45) is 0 Å². The van der Waals surface area contributed by atoms with Gasteiger partial charge in [-0.3, -0.25) is 4.79 Å². The lowest BCUT2D eigenvalue weighted by molar-refractivity contribution is -0.130. The van der Waals surface area contributed by atoms with E-state index in [1.165, 1.54) is 7.11 Å². The standard InChI is InChI=1S/C5H9FO3/c1-8-2-3-9-5(6)4-7/h4-5H,2-3H2,1H3. The van der Waals surface area contributed by atoms with Gasteiger partial charge in [-0.1, -0.05) is 0 Å². The van der Waals surface area contributed by atoms with E-state index in [2.05, 4.69) is 9.47 Å². The summed E-state index contributed by atoms with van der Waals surface area (Å²) in [4.78, 5) is 9.56. The largest absolute Gasteiger partial charge is 0.382 e. The molecule has 0 saturated heterocycles. The zero-order chi connectivity index (χ0) is 7.11. The summed E-state index contributed by atoms with van der Waals surface area (Å²) in [5, 5.41) is 0. The highest BCUT2D eigenvalue weighted by molar-refractivity contribution is 5.53. The smallest absolute Gasteiger partial charge is 0.255 e. The molecule has 0 spiro atoms. The number of aldehydes is 1. The molecule has 0 fully saturated rings. The van der Waals surface area contributed by atoms with Crippen LogP contribution in [0.2, 0.25) is 0 Å². The van der Waals surface area contributed by atoms with Crippen LogP contribution >= 0.6 is 0 Å². The molecule has 0 aromatic rings. The summed E-state index contributed by atoms with van der Waals surface area (Å²) in [5.74, 6) is 0. The number of carbonyl (C=O) groups excluding carboxylic acids is 1. The highest BCUT2D eigenvalue weighted by Gasteiger charge is 2.00. The Morgan fingerprint density at radius 3 is 2.78 bits per heavy atom. The summed E-state index contributed by atoms with van der Waals surface area (Å²) >= 11 is 0. The van der Waals surface area contributed by atoms with Gasteiger partial charge in [-0.05, 0) is 0 Å². The van der Waals surface area contributed by atoms with Gasteiger partial charge in [-0.2, -0.15) is 0 Å². The maximum Gasteiger partial charge on any atom is 0.255 e. The van der Waals surface area contributed by atoms with E-state index < -0.39 is 6.36 Å². The van der Waals surface area contributed by atoms with Crippen LogP contribution in [0.3, 0.4) is 0 Å². The number of halogens is 1. The molecule has 0 aliphatic rings. The quantitative estimate of drug-likeness (QED) is 0.398. The zero-order valence-corrected chi connectivity index (χ0v) is 5.17. The van der Waals surface area contributed by atoms with Gasteiger partial charge < -0.3 is 9.47 Å². The molecule has 0 saturated carbocycles. The van der Waals surface area contributed by atoms with E-state index >= 15 is 0 Å². The van der Waals surface area contributed by atoms with Gasteiger partial charge in [0.25, 0.3) is 6.36 Å². The molecule has 0 amide bonds. The second-order valence-electron chi connectivity index (χ2n) is 1.35. The normalized spacial score (nSPS) is 13.1. The molecule has 0 N–H and O–H groups in total. The third-order valence-electron chi connectivity index (χ3n) is 0.672. The van der Waals surface area contributed by atoms with Crippen molar-refractivity contribution >= 4 is 6.29 Å². The molecule has 0 aliphatic carbocycles. The van der Waals surface area contributed by atoms with Gasteiger partial charge >= 0.3 is 0 Å². The topological polar surface area (TPSA) is 35.5 Å². The van der Waals surface area contributed by atoms with Crippen LogP contribution in [0.5, 0.6) is 0 Å². The molecule has 0 heterocycles. The number of methoxy groups -OCH3 is 1. The Labute approximate surface area is 52.8 Å². The first-order valence-corrected chi connectivity index (χ1v) is 2.51. The van der Waals surface area contributed by atoms with E-state index in [1.54, 1.807) is 0 Å². The monoisotopic (exact) mass is 136 g/mol. The molecule has 0 bridgehead atoms. The van der Waals surface area contributed by atoms with Gasteiger partial charge in [0, 0.05) is 7.11 Å². The van der Waals surface area contributed by atoms with Gasteiger partial charge in [0.05, 0.1) is 13.2 Å². The molecule has 54 valence electrons. The van der Waals surface area contributed by atoms with Crippen molar-refractivity contribution in [3.63, 3.8) is 0 Å². The van der Waals surface area contributed by atoms with E-state index in [-0.39, 0.29) is 12.9 Å². The van der Waals surface area contributed by atoms with Crippen molar-refractivity contribution in [3.05, 3.63) is 0 Å². The van der Waals surface area contributed by atoms with Crippen LogP contribution in [-0.2, 0) is 14.3 Å². The molecule has 0 aromatic heterocycles. The van der Waals surface area contributed by atoms with Crippen molar-refractivity contribution in [2.45, 2.75) is 6.36 Å². The Morgan fingerprint density at radius 2 is 2.33 bits per heavy atom. The highest BCUT2D eigenvalue weighted by Crippen LogP contribution is 1.87. The fourth-order valence-corrected chi connectivity index (χ4v) is 0.283. The first-order chi connectivity index (χ1) is 4.31. The van der Waals surface area contributed by atoms with Crippen LogP contribution < -0.4 is 0 Å². The number of hydrogen-bond acceptors (Lipinski definition) is 3. The molecule has 1 atom stereocenters. The minimum Gasteiger partial charge on any atom is -0.382 e. The van der Waals surface area contributed by atoms with E-state index in [4.69, 9.17) is 0 Å². The number of alkyl halides is 1. The fraction of sp³-hybridized carbons (Fsp3) is 0.800. The van der Waals surface area contributed by atoms with Crippen LogP contribution in [0.15, 0.2) is 0 Å². The molecule has 1 unspecified atom stereocenters. The molecule has 0 aliphatic heterocycles. The number of ether oxygens (including phenoxy) is 2. The first-order valence-electron chi connectivity index (χ1n) is 2.51. The van der Waals surface area contributed by atoms with Crippen LogP contribution in [0, 0.1) is 0 Å². The summed E-state index contributed by atoms with van der Waals surface area (Å²) < 4.78 is 20.6. The van der Waals surface area contributed by atoms with Gasteiger partial charge in [0.15, 0.2) is 6.29 Å². The Bertz CT molecular complexity index is 76.6. The first kappa shape index (κ1) is 8.52. The maximum atomic E-state index is 11.8. The van der Waals surface area contributed by atoms with Crippen molar-refractivity contribution in [1.82, 2.24) is 0 Å². The summed E-state index contributed by atoms with van der Waals surface area (Å²) in [6, 6.07) is 0. The van der Waals surface area contributed by atoms with Crippen molar-refractivity contribution in [3.8, 4) is 0 Å². The lowest BCUT2D eigenvalue weighted by Gasteiger charge is -2.00. The number of hydrogen-bond donors (Lipinski definition) is 0. The molecule has 9 heavy (non-hydrogen) atoms. The second kappa shape index (κ2) is 5.65. The van der Waals surface area contributed by atoms with Gasteiger partial charge in [-0.15, -0.1) is 0 Å². The van der Waals surface area contributed by atoms with Crippen molar-refractivity contribution in [1.29, 1.82) is 0 Å². The molecular formula is C5H9FO3. The van der Waals surface area contributed by atoms with Crippen molar-refractivity contribution in [2.75, 3.05) is 20.3 Å². The maximum absolute atomic E-state index is 11.8. The predicted molar refractivity (Wildman–Crippen MR) is 28.8 cm³/mol. The van der Waals surface area contributed by atoms with E-state index in [0.717, 1.165) is 0 Å². The van der Waals surface area contributed by atoms with Crippen molar-refractivity contribution < 1.29 is 18.7 Å². The molecule has 0 radical (unpaired) electrons. The van der Waals surface area contributed by atoms with E-state index in [9.17, 15) is 9.18 Å². The third-order valence-corrected chi connectivity index (χ3v) is 0.672. The zero-order valence-electron chi connectivity index (χ0n) is 5.17. The third kappa shape index (κ3) is 5.39. The van der Waals surface area contributed by atoms with Gasteiger partial charge in [0.1, 0.15) is 0 Å². The number of carbonyl (C=O) groups is 1. The molecule has 3 nitrogen and oxygen atoms in total. The lowest BCUT2D eigenvalue weighted by Crippen LogP contribution is -2.11. The lowest BCUT2D eigenvalue weighted by atomic mass is 10.7. The fourth-order valence-electron chi connectivity index (χ4n) is 0.283. The Kier molecular flexibility index (Phi) is 5.35. The minimum absolute atomic E-state index is 0.0929. The predicted octanol–water partition coefficient (Wildman–Crippen LogP) is 0.144. The summed E-state index contributed by atoms with van der Waals surface area (Å²) in [7, 11) is 1.47. The molecule has 4 heteroatoms. The SMILES string of the molecule is COCCOC(F)C=O.